The molecule has 5 aliphatic rings. The van der Waals surface area contributed by atoms with Crippen molar-refractivity contribution in [1.82, 2.24) is 4.90 Å². The number of halogens is 1. The first-order chi connectivity index (χ1) is 20.0. The summed E-state index contributed by atoms with van der Waals surface area (Å²) in [7, 11) is 0. The molecule has 10 nitrogen and oxygen atoms in total. The molecule has 0 fully saturated rings. The van der Waals surface area contributed by atoms with E-state index in [1.54, 1.807) is 44.6 Å². The molecular formula is C31H28FN3O7. The van der Waals surface area contributed by atoms with Crippen molar-refractivity contribution in [3.05, 3.63) is 68.7 Å². The Bertz CT molecular complexity index is 1730. The predicted molar refractivity (Wildman–Crippen MR) is 149 cm³/mol. The topological polar surface area (TPSA) is 125 Å². The van der Waals surface area contributed by atoms with Crippen molar-refractivity contribution in [2.75, 3.05) is 29.9 Å². The molecule has 2 N–H and O–H groups in total. The molecule has 216 valence electrons. The minimum Gasteiger partial charge on any atom is -0.479 e. The van der Waals surface area contributed by atoms with Crippen molar-refractivity contribution < 1.29 is 38.1 Å². The lowest BCUT2D eigenvalue weighted by Crippen LogP contribution is -2.42. The Morgan fingerprint density at radius 2 is 1.98 bits per heavy atom. The fourth-order valence-electron chi connectivity index (χ4n) is 6.45. The molecule has 0 unspecified atom stereocenters. The number of carbonyl (C=O) groups excluding carboxylic acids is 4. The number of anilines is 2. The molecule has 0 saturated carbocycles. The van der Waals surface area contributed by atoms with Crippen LogP contribution in [0.3, 0.4) is 0 Å². The lowest BCUT2D eigenvalue weighted by Gasteiger charge is -2.39. The van der Waals surface area contributed by atoms with Crippen LogP contribution in [0.25, 0.3) is 5.57 Å². The van der Waals surface area contributed by atoms with Gasteiger partial charge >= 0.3 is 6.09 Å². The molecule has 1 amide bonds. The van der Waals surface area contributed by atoms with E-state index in [1.165, 1.54) is 6.07 Å². The van der Waals surface area contributed by atoms with Crippen LogP contribution in [0.4, 0.5) is 20.6 Å². The van der Waals surface area contributed by atoms with Gasteiger partial charge in [0.05, 0.1) is 29.2 Å². The van der Waals surface area contributed by atoms with Crippen molar-refractivity contribution in [2.24, 2.45) is 0 Å². The summed E-state index contributed by atoms with van der Waals surface area (Å²) >= 11 is 0. The fraction of sp³-hybridized carbons (Fsp3) is 0.387. The number of allylic oxidation sites excluding steroid dienone is 1. The fourth-order valence-corrected chi connectivity index (χ4v) is 6.45. The number of fused-ring (bicyclic) bond motifs is 3. The molecule has 0 aliphatic carbocycles. The highest BCUT2D eigenvalue weighted by Crippen LogP contribution is 2.55. The van der Waals surface area contributed by atoms with Crippen molar-refractivity contribution in [3.63, 3.8) is 0 Å². The average Bonchev–Trinajstić information content (AvgIpc) is 3.33. The number of carbonyl (C=O) groups is 1. The summed E-state index contributed by atoms with van der Waals surface area (Å²) in [6.45, 7) is 7.36. The van der Waals surface area contributed by atoms with Crippen LogP contribution in [0.15, 0.2) is 51.7 Å². The van der Waals surface area contributed by atoms with Crippen molar-refractivity contribution >= 4 is 40.9 Å². The van der Waals surface area contributed by atoms with Gasteiger partial charge in [-0.15, -0.1) is 0 Å². The number of nitrogens with one attached hydrogen (secondary N) is 1. The van der Waals surface area contributed by atoms with Crippen LogP contribution in [-0.4, -0.2) is 64.8 Å². The highest BCUT2D eigenvalue weighted by atomic mass is 19.1. The van der Waals surface area contributed by atoms with Crippen LogP contribution in [0.5, 0.6) is 0 Å². The molecule has 42 heavy (non-hydrogen) atoms. The van der Waals surface area contributed by atoms with E-state index < -0.39 is 23.1 Å². The molecule has 6 rings (SSSR count). The standard InChI is InChI=1S/C31H28FN3O7/c1-5-31(40)20-10-22-26-18(12-36)17-9-21(32)27(33-29(39)42-30(2,3)4)16-7-6-8-34(28(16)17)23(26)11-35(22)24(13-37)19(20)15-41-25(31)14-38/h9-10,40H,5-8,11,15H2,1-4H3,(H,33,39)/t31-/m0/s1. The van der Waals surface area contributed by atoms with Crippen LogP contribution < -0.4 is 10.2 Å². The van der Waals surface area contributed by atoms with Gasteiger partial charge in [-0.2, -0.15) is 0 Å². The number of nitrogens with zero attached hydrogens (tertiary/aromatic N) is 2. The normalized spacial score (nSPS) is 22.2. The second-order valence-corrected chi connectivity index (χ2v) is 11.7. The van der Waals surface area contributed by atoms with Gasteiger partial charge in [-0.25, -0.2) is 23.6 Å². The zero-order valence-corrected chi connectivity index (χ0v) is 23.6. The molecule has 0 aromatic heterocycles. The Morgan fingerprint density at radius 1 is 1.21 bits per heavy atom. The van der Waals surface area contributed by atoms with Crippen LogP contribution in [0, 0.1) is 5.82 Å². The summed E-state index contributed by atoms with van der Waals surface area (Å²) in [5.41, 5.74) is 1.17. The van der Waals surface area contributed by atoms with Crippen LogP contribution in [0.1, 0.15) is 51.7 Å². The van der Waals surface area contributed by atoms with Gasteiger partial charge in [-0.1, -0.05) is 6.92 Å². The van der Waals surface area contributed by atoms with E-state index in [0.29, 0.717) is 58.7 Å². The molecule has 1 aromatic carbocycles. The molecule has 0 radical (unpaired) electrons. The zero-order chi connectivity index (χ0) is 30.1. The Hall–Kier alpha value is -4.65. The second-order valence-electron chi connectivity index (χ2n) is 11.7. The monoisotopic (exact) mass is 573 g/mol. The van der Waals surface area contributed by atoms with E-state index in [9.17, 15) is 24.3 Å². The molecule has 0 saturated heterocycles. The highest BCUT2D eigenvalue weighted by Gasteiger charge is 2.50. The Morgan fingerprint density at radius 3 is 2.62 bits per heavy atom. The second kappa shape index (κ2) is 9.44. The van der Waals surface area contributed by atoms with Crippen molar-refractivity contribution in [2.45, 2.75) is 58.2 Å². The van der Waals surface area contributed by atoms with Crippen molar-refractivity contribution in [1.29, 1.82) is 0 Å². The van der Waals surface area contributed by atoms with Gasteiger partial charge in [-0.3, -0.25) is 5.32 Å². The Kier molecular flexibility index (Phi) is 6.19. The van der Waals surface area contributed by atoms with Gasteiger partial charge in [-0.05, 0) is 52.2 Å². The van der Waals surface area contributed by atoms with Crippen LogP contribution >= 0.6 is 0 Å². The van der Waals surface area contributed by atoms with Gasteiger partial charge in [0.2, 0.25) is 5.76 Å². The molecule has 1 aromatic rings. The number of hydrogen-bond donors (Lipinski definition) is 2. The highest BCUT2D eigenvalue weighted by molar-refractivity contribution is 6.08. The number of hydrogen-bond acceptors (Lipinski definition) is 9. The number of rotatable bonds is 2. The summed E-state index contributed by atoms with van der Waals surface area (Å²) in [6, 6.07) is 1.20. The lowest BCUT2D eigenvalue weighted by atomic mass is 9.79. The largest absolute Gasteiger partial charge is 0.479 e. The number of benzene rings is 1. The molecule has 5 heterocycles. The third-order valence-electron chi connectivity index (χ3n) is 8.19. The smallest absolute Gasteiger partial charge is 0.412 e. The summed E-state index contributed by atoms with van der Waals surface area (Å²) in [4.78, 5) is 52.9. The SMILES string of the molecule is CC[C@@]1(O)C(=C=O)OCC2=C1C=C1C3=C(CN1C2=C=O)N1CCCc2c(NC(=O)OC(C)(C)C)c(F)cc(c21)C3=C=O. The van der Waals surface area contributed by atoms with Gasteiger partial charge < -0.3 is 24.4 Å². The maximum absolute atomic E-state index is 15.7. The van der Waals surface area contributed by atoms with E-state index >= 15 is 4.39 Å². The van der Waals surface area contributed by atoms with Crippen LogP contribution in [0.2, 0.25) is 0 Å². The zero-order valence-electron chi connectivity index (χ0n) is 23.6. The number of ether oxygens (including phenoxy) is 2. The lowest BCUT2D eigenvalue weighted by molar-refractivity contribution is 0.0311. The van der Waals surface area contributed by atoms with Gasteiger partial charge in [0.15, 0.2) is 17.5 Å². The minimum atomic E-state index is -1.84. The quantitative estimate of drug-likeness (QED) is 0.511. The van der Waals surface area contributed by atoms with Crippen LogP contribution in [-0.2, 0) is 30.3 Å². The maximum Gasteiger partial charge on any atom is 0.412 e. The predicted octanol–water partition coefficient (Wildman–Crippen LogP) is 3.52. The maximum atomic E-state index is 15.7. The van der Waals surface area contributed by atoms with E-state index in [2.05, 4.69) is 5.32 Å². The first kappa shape index (κ1) is 27.5. The Labute approximate surface area is 240 Å². The molecule has 11 heteroatoms. The number of aliphatic hydroxyl groups is 1. The minimum absolute atomic E-state index is 0.0131. The molecular weight excluding hydrogens is 545 g/mol. The van der Waals surface area contributed by atoms with E-state index in [1.807, 2.05) is 16.8 Å². The molecule has 0 spiro atoms. The summed E-state index contributed by atoms with van der Waals surface area (Å²) in [5, 5.41) is 14.1. The van der Waals surface area contributed by atoms with Gasteiger partial charge in [0.25, 0.3) is 0 Å². The van der Waals surface area contributed by atoms with E-state index in [0.717, 1.165) is 0 Å². The van der Waals surface area contributed by atoms with E-state index in [4.69, 9.17) is 9.47 Å². The first-order valence-corrected chi connectivity index (χ1v) is 13.7. The van der Waals surface area contributed by atoms with Gasteiger partial charge in [0.1, 0.15) is 29.7 Å². The third-order valence-corrected chi connectivity index (χ3v) is 8.19. The van der Waals surface area contributed by atoms with Crippen molar-refractivity contribution in [3.8, 4) is 0 Å². The third kappa shape index (κ3) is 3.83. The molecule has 1 atom stereocenters. The molecule has 5 aliphatic heterocycles. The summed E-state index contributed by atoms with van der Waals surface area (Å²) in [6.07, 6.45) is 1.97. The molecule has 0 bridgehead atoms. The summed E-state index contributed by atoms with van der Waals surface area (Å²) in [5.74, 6) is 4.61. The average molecular weight is 574 g/mol. The number of amides is 1. The van der Waals surface area contributed by atoms with Gasteiger partial charge in [0, 0.05) is 40.1 Å². The Balaban J connectivity index is 1.52. The summed E-state index contributed by atoms with van der Waals surface area (Å²) < 4.78 is 26.6. The van der Waals surface area contributed by atoms with E-state index in [-0.39, 0.29) is 47.9 Å². The first-order valence-electron chi connectivity index (χ1n) is 13.7.